The topological polar surface area (TPSA) is 58.6 Å². The molecule has 0 radical (unpaired) electrons. The molecule has 3 N–H and O–H groups in total. The zero-order valence-corrected chi connectivity index (χ0v) is 7.13. The van der Waals surface area contributed by atoms with Gasteiger partial charge in [-0.05, 0) is 13.8 Å². The fourth-order valence-electron chi connectivity index (χ4n) is 0.941. The minimum Gasteiger partial charge on any atom is -0.395 e. The molecule has 0 aromatic rings. The van der Waals surface area contributed by atoms with Crippen molar-refractivity contribution in [2.24, 2.45) is 10.7 Å². The van der Waals surface area contributed by atoms with E-state index < -0.39 is 5.60 Å². The van der Waals surface area contributed by atoms with Crippen molar-refractivity contribution >= 4 is 12.4 Å². The van der Waals surface area contributed by atoms with Crippen LogP contribution < -0.4 is 5.73 Å². The van der Waals surface area contributed by atoms with Crippen LogP contribution in [0.1, 0.15) is 13.8 Å². The molecule has 4 heteroatoms. The van der Waals surface area contributed by atoms with E-state index >= 15 is 0 Å². The van der Waals surface area contributed by atoms with E-state index in [0.717, 1.165) is 0 Å². The van der Waals surface area contributed by atoms with Gasteiger partial charge in [0.15, 0.2) is 0 Å². The van der Waals surface area contributed by atoms with Crippen molar-refractivity contribution in [3.05, 3.63) is 11.7 Å². The summed E-state index contributed by atoms with van der Waals surface area (Å²) in [7, 11) is 0. The molecule has 0 aromatic heterocycles. The Bertz CT molecular complexity index is 227. The number of rotatable bonds is 1. The summed E-state index contributed by atoms with van der Waals surface area (Å²) in [5.74, 6) is 1.88. The summed E-state index contributed by atoms with van der Waals surface area (Å²) in [5.41, 5.74) is 5.94. The fourth-order valence-corrected chi connectivity index (χ4v) is 0.941. The van der Waals surface area contributed by atoms with Gasteiger partial charge in [0.1, 0.15) is 0 Å². The molecule has 0 saturated heterocycles. The van der Waals surface area contributed by atoms with Crippen molar-refractivity contribution < 1.29 is 5.11 Å². The Hall–Kier alpha value is -0.765. The summed E-state index contributed by atoms with van der Waals surface area (Å²) < 4.78 is 0. The Kier molecular flexibility index (Phi) is 1.80. The third kappa shape index (κ3) is 1.63. The van der Waals surface area contributed by atoms with Crippen molar-refractivity contribution in [2.45, 2.75) is 26.3 Å². The van der Waals surface area contributed by atoms with E-state index in [1.165, 1.54) is 0 Å². The van der Waals surface area contributed by atoms with Crippen molar-refractivity contribution in [1.82, 2.24) is 0 Å². The predicted octanol–water partition coefficient (Wildman–Crippen LogP) is 0.215. The van der Waals surface area contributed by atoms with Gasteiger partial charge in [-0.2, -0.15) is 0 Å². The van der Waals surface area contributed by atoms with Crippen molar-refractivity contribution in [1.29, 1.82) is 0 Å². The number of aliphatic hydroxyl groups is 1. The maximum Gasteiger partial charge on any atom is 0.245 e. The molecule has 3 nitrogen and oxygen atoms in total. The molecule has 0 saturated carbocycles. The highest BCUT2D eigenvalue weighted by atomic mass is 16.3. The average molecular weight is 152 g/mol. The molecule has 0 bridgehead atoms. The first-order chi connectivity index (χ1) is 4.91. The summed E-state index contributed by atoms with van der Waals surface area (Å²) in [6.45, 7) is 5.52. The lowest BCUT2D eigenvalue weighted by atomic mass is 9.52. The van der Waals surface area contributed by atoms with E-state index in [1.807, 2.05) is 12.8 Å². The quantitative estimate of drug-likeness (QED) is 0.527. The van der Waals surface area contributed by atoms with Crippen LogP contribution in [0.15, 0.2) is 16.7 Å². The molecule has 60 valence electrons. The molecular formula is C7H13BN2O. The van der Waals surface area contributed by atoms with Gasteiger partial charge in [0.05, 0.1) is 17.0 Å². The normalized spacial score (nSPS) is 18.4. The Morgan fingerprint density at radius 3 is 2.36 bits per heavy atom. The molecule has 1 heterocycles. The summed E-state index contributed by atoms with van der Waals surface area (Å²) in [4.78, 5) is 4.05. The molecule has 11 heavy (non-hydrogen) atoms. The van der Waals surface area contributed by atoms with Gasteiger partial charge in [-0.1, -0.05) is 12.8 Å². The summed E-state index contributed by atoms with van der Waals surface area (Å²) in [5, 5.41) is 9.52. The number of nitrogens with zero attached hydrogens (tertiary/aromatic N) is 1. The maximum atomic E-state index is 9.52. The summed E-state index contributed by atoms with van der Waals surface area (Å²) in [6, 6.07) is 0. The van der Waals surface area contributed by atoms with Gasteiger partial charge >= 0.3 is 0 Å². The molecule has 0 unspecified atom stereocenters. The molecule has 0 atom stereocenters. The van der Waals surface area contributed by atoms with Gasteiger partial charge in [0.25, 0.3) is 0 Å². The SMILES string of the molecule is CB1C=C(C(C)(C)O)N=C1N. The van der Waals surface area contributed by atoms with Crippen molar-refractivity contribution in [3.63, 3.8) is 0 Å². The van der Waals surface area contributed by atoms with Crippen LogP contribution in [-0.4, -0.2) is 23.2 Å². The van der Waals surface area contributed by atoms with Gasteiger partial charge in [0, 0.05) is 0 Å². The molecule has 0 aliphatic carbocycles. The molecule has 0 aromatic carbocycles. The minimum absolute atomic E-state index is 0.163. The number of hydrogen-bond donors (Lipinski definition) is 2. The smallest absolute Gasteiger partial charge is 0.245 e. The molecule has 0 amide bonds. The summed E-state index contributed by atoms with van der Waals surface area (Å²) in [6.07, 6.45) is 0. The van der Waals surface area contributed by atoms with E-state index in [9.17, 15) is 5.11 Å². The maximum absolute atomic E-state index is 9.52. The monoisotopic (exact) mass is 152 g/mol. The minimum atomic E-state index is -0.866. The fraction of sp³-hybridized carbons (Fsp3) is 0.571. The van der Waals surface area contributed by atoms with Crippen LogP contribution in [0, 0.1) is 0 Å². The molecular weight excluding hydrogens is 139 g/mol. The number of hydrogen-bond acceptors (Lipinski definition) is 3. The number of nitrogens with two attached hydrogens (primary N) is 1. The third-order valence-corrected chi connectivity index (χ3v) is 1.75. The highest BCUT2D eigenvalue weighted by molar-refractivity contribution is 6.94. The number of amidine groups is 1. The Balaban J connectivity index is 2.87. The largest absolute Gasteiger partial charge is 0.395 e. The molecule has 0 spiro atoms. The van der Waals surface area contributed by atoms with E-state index in [1.54, 1.807) is 13.8 Å². The lowest BCUT2D eigenvalue weighted by Crippen LogP contribution is -2.25. The highest BCUT2D eigenvalue weighted by Crippen LogP contribution is 2.20. The standard InChI is InChI=1S/C7H13BN2O/c1-7(2,11)5-4-8(3)6(9)10-5/h4,11H,1-3H3,(H2,9,10). The first-order valence-corrected chi connectivity index (χ1v) is 3.70. The van der Waals surface area contributed by atoms with Gasteiger partial charge in [-0.15, -0.1) is 0 Å². The second-order valence-corrected chi connectivity index (χ2v) is 3.44. The highest BCUT2D eigenvalue weighted by Gasteiger charge is 2.26. The van der Waals surface area contributed by atoms with Crippen LogP contribution in [0.4, 0.5) is 0 Å². The van der Waals surface area contributed by atoms with Crippen LogP contribution >= 0.6 is 0 Å². The molecule has 1 rings (SSSR count). The summed E-state index contributed by atoms with van der Waals surface area (Å²) >= 11 is 0. The molecule has 1 aliphatic heterocycles. The van der Waals surface area contributed by atoms with Crippen molar-refractivity contribution in [2.75, 3.05) is 0 Å². The molecule has 1 aliphatic rings. The third-order valence-electron chi connectivity index (χ3n) is 1.75. The van der Waals surface area contributed by atoms with E-state index in [-0.39, 0.29) is 6.71 Å². The molecule has 0 fully saturated rings. The van der Waals surface area contributed by atoms with E-state index in [2.05, 4.69) is 4.99 Å². The van der Waals surface area contributed by atoms with Gasteiger partial charge in [-0.3, -0.25) is 0 Å². The predicted molar refractivity (Wildman–Crippen MR) is 47.6 cm³/mol. The van der Waals surface area contributed by atoms with E-state index in [0.29, 0.717) is 11.4 Å². The van der Waals surface area contributed by atoms with Crippen LogP contribution in [0.3, 0.4) is 0 Å². The lowest BCUT2D eigenvalue weighted by molar-refractivity contribution is 0.119. The zero-order chi connectivity index (χ0) is 8.65. The Morgan fingerprint density at radius 2 is 2.18 bits per heavy atom. The number of aliphatic imine (C=N–C) groups is 1. The average Bonchev–Trinajstić information content (AvgIpc) is 2.11. The Morgan fingerprint density at radius 1 is 1.64 bits per heavy atom. The van der Waals surface area contributed by atoms with Crippen molar-refractivity contribution in [3.8, 4) is 0 Å². The van der Waals surface area contributed by atoms with Crippen LogP contribution in [-0.2, 0) is 0 Å². The lowest BCUT2D eigenvalue weighted by Gasteiger charge is -2.15. The van der Waals surface area contributed by atoms with E-state index in [4.69, 9.17) is 5.73 Å². The van der Waals surface area contributed by atoms with Gasteiger partial charge < -0.3 is 10.8 Å². The van der Waals surface area contributed by atoms with Crippen LogP contribution in [0.25, 0.3) is 0 Å². The van der Waals surface area contributed by atoms with Crippen LogP contribution in [0.5, 0.6) is 0 Å². The van der Waals surface area contributed by atoms with Gasteiger partial charge in [0.2, 0.25) is 6.71 Å². The first kappa shape index (κ1) is 8.33. The Labute approximate surface area is 67.1 Å². The zero-order valence-electron chi connectivity index (χ0n) is 7.13. The van der Waals surface area contributed by atoms with Crippen LogP contribution in [0.2, 0.25) is 6.82 Å². The first-order valence-electron chi connectivity index (χ1n) is 3.70. The second-order valence-electron chi connectivity index (χ2n) is 3.44. The van der Waals surface area contributed by atoms with Gasteiger partial charge in [-0.25, -0.2) is 4.99 Å². The second kappa shape index (κ2) is 2.38.